The molecule has 0 bridgehead atoms. The van der Waals surface area contributed by atoms with E-state index in [0.29, 0.717) is 0 Å². The Morgan fingerprint density at radius 1 is 0.478 bits per heavy atom. The van der Waals surface area contributed by atoms with Crippen LogP contribution in [0.2, 0.25) is 0 Å². The highest BCUT2D eigenvalue weighted by Crippen LogP contribution is 2.53. The van der Waals surface area contributed by atoms with Crippen LogP contribution in [0.3, 0.4) is 0 Å². The summed E-state index contributed by atoms with van der Waals surface area (Å²) in [5, 5.41) is 7.03. The fraction of sp³-hybridized carbons (Fsp3) is 0.0476. The number of furan rings is 2. The monoisotopic (exact) mass is 590 g/mol. The maximum Gasteiger partial charge on any atom is 0.137 e. The fourth-order valence-corrected chi connectivity index (χ4v) is 8.14. The molecule has 216 valence electrons. The van der Waals surface area contributed by atoms with Gasteiger partial charge in [-0.3, -0.25) is 0 Å². The largest absolute Gasteiger partial charge is 0.456 e. The molecule has 0 fully saturated rings. The molecule has 1 aliphatic carbocycles. The standard InChI is InChI=1S/C42H26N2O2/c1-5-13-35-27(9-1)33-21-22-34-28-10-2-6-14-36(28)44(26-18-20-32-30-12-4-8-16-38(30)46-40(32)24-26)42(34)41(33)43(35)25-17-19-31-29-11-3-7-15-37(29)45-39(31)23-25/h1-24,27,35H. The minimum atomic E-state index is 0.150. The van der Waals surface area contributed by atoms with Crippen molar-refractivity contribution in [2.24, 2.45) is 0 Å². The molecule has 2 aliphatic rings. The van der Waals surface area contributed by atoms with E-state index in [0.717, 1.165) is 55.3 Å². The number of fused-ring (bicyclic) bond motifs is 13. The van der Waals surface area contributed by atoms with E-state index in [4.69, 9.17) is 8.83 Å². The second kappa shape index (κ2) is 8.80. The SMILES string of the molecule is C1=CC2c3ccc4c5ccccc5n(-c5ccc6c(c5)oc5ccccc56)c4c3N(c3ccc4c(c3)oc3ccccc34)C2C=C1. The molecular formula is C42H26N2O2. The Bertz CT molecular complexity index is 2790. The summed E-state index contributed by atoms with van der Waals surface area (Å²) in [7, 11) is 0. The maximum atomic E-state index is 6.40. The zero-order valence-corrected chi connectivity index (χ0v) is 24.7. The van der Waals surface area contributed by atoms with Crippen molar-refractivity contribution in [1.29, 1.82) is 0 Å². The zero-order valence-electron chi connectivity index (χ0n) is 24.7. The Morgan fingerprint density at radius 3 is 1.83 bits per heavy atom. The minimum Gasteiger partial charge on any atom is -0.456 e. The molecule has 0 saturated heterocycles. The van der Waals surface area contributed by atoms with Crippen LogP contribution in [0.15, 0.2) is 154 Å². The molecule has 0 spiro atoms. The highest BCUT2D eigenvalue weighted by Gasteiger charge is 2.40. The third kappa shape index (κ3) is 3.13. The average Bonchev–Trinajstić information content (AvgIpc) is 3.85. The van der Waals surface area contributed by atoms with E-state index < -0.39 is 0 Å². The van der Waals surface area contributed by atoms with Gasteiger partial charge in [0.1, 0.15) is 22.3 Å². The van der Waals surface area contributed by atoms with Gasteiger partial charge in [0.05, 0.1) is 28.5 Å². The molecule has 3 aromatic heterocycles. The van der Waals surface area contributed by atoms with Gasteiger partial charge in [-0.1, -0.05) is 91.0 Å². The Labute approximate surface area is 263 Å². The summed E-state index contributed by atoms with van der Waals surface area (Å²) in [6, 6.07) is 43.5. The Kier molecular flexibility index (Phi) is 4.66. The van der Waals surface area contributed by atoms with Crippen LogP contribution in [-0.2, 0) is 0 Å². The molecule has 2 unspecified atom stereocenters. The number of nitrogens with zero attached hydrogens (tertiary/aromatic N) is 2. The van der Waals surface area contributed by atoms with Crippen LogP contribution >= 0.6 is 0 Å². The van der Waals surface area contributed by atoms with E-state index in [1.165, 1.54) is 33.1 Å². The van der Waals surface area contributed by atoms with Crippen LogP contribution in [-0.4, -0.2) is 10.6 Å². The zero-order chi connectivity index (χ0) is 29.9. The molecule has 11 rings (SSSR count). The first-order valence-electron chi connectivity index (χ1n) is 15.9. The molecule has 6 aromatic carbocycles. The van der Waals surface area contributed by atoms with Gasteiger partial charge in [0.15, 0.2) is 0 Å². The molecule has 4 heteroatoms. The van der Waals surface area contributed by atoms with Gasteiger partial charge in [-0.05, 0) is 48.0 Å². The summed E-state index contributed by atoms with van der Waals surface area (Å²) in [5.41, 5.74) is 10.8. The van der Waals surface area contributed by atoms with Gasteiger partial charge < -0.3 is 18.3 Å². The van der Waals surface area contributed by atoms with Crippen LogP contribution in [0.4, 0.5) is 11.4 Å². The quantitative estimate of drug-likeness (QED) is 0.201. The molecule has 4 nitrogen and oxygen atoms in total. The number of rotatable bonds is 2. The van der Waals surface area contributed by atoms with Crippen LogP contribution in [0.25, 0.3) is 71.4 Å². The summed E-state index contributed by atoms with van der Waals surface area (Å²) < 4.78 is 15.2. The van der Waals surface area contributed by atoms with Gasteiger partial charge in [-0.2, -0.15) is 0 Å². The van der Waals surface area contributed by atoms with Gasteiger partial charge in [0, 0.05) is 56.1 Å². The van der Waals surface area contributed by atoms with Crippen molar-refractivity contribution in [3.63, 3.8) is 0 Å². The summed E-state index contributed by atoms with van der Waals surface area (Å²) in [6.45, 7) is 0. The maximum absolute atomic E-state index is 6.40. The van der Waals surface area contributed by atoms with E-state index in [9.17, 15) is 0 Å². The third-order valence-corrected chi connectivity index (χ3v) is 10.1. The van der Waals surface area contributed by atoms with Crippen LogP contribution < -0.4 is 4.90 Å². The van der Waals surface area contributed by atoms with Gasteiger partial charge in [0.2, 0.25) is 0 Å². The Balaban J connectivity index is 1.22. The van der Waals surface area contributed by atoms with E-state index in [-0.39, 0.29) is 12.0 Å². The highest BCUT2D eigenvalue weighted by atomic mass is 16.3. The van der Waals surface area contributed by atoms with Crippen LogP contribution in [0, 0.1) is 0 Å². The molecule has 0 radical (unpaired) electrons. The van der Waals surface area contributed by atoms with Crippen molar-refractivity contribution in [2.45, 2.75) is 12.0 Å². The Morgan fingerprint density at radius 2 is 1.07 bits per heavy atom. The van der Waals surface area contributed by atoms with Crippen molar-refractivity contribution in [1.82, 2.24) is 4.57 Å². The molecule has 1 aliphatic heterocycles. The lowest BCUT2D eigenvalue weighted by Gasteiger charge is -2.29. The minimum absolute atomic E-state index is 0.150. The summed E-state index contributed by atoms with van der Waals surface area (Å²) >= 11 is 0. The predicted molar refractivity (Wildman–Crippen MR) is 189 cm³/mol. The Hall–Kier alpha value is -6.00. The number of para-hydroxylation sites is 3. The number of allylic oxidation sites excluding steroid dienone is 2. The molecule has 0 saturated carbocycles. The lowest BCUT2D eigenvalue weighted by atomic mass is 9.91. The topological polar surface area (TPSA) is 34.5 Å². The van der Waals surface area contributed by atoms with E-state index in [1.807, 2.05) is 24.3 Å². The van der Waals surface area contributed by atoms with Crippen LogP contribution in [0.1, 0.15) is 11.5 Å². The summed E-state index contributed by atoms with van der Waals surface area (Å²) in [4.78, 5) is 2.53. The molecule has 2 atom stereocenters. The normalized spacial score (nSPS) is 17.3. The summed E-state index contributed by atoms with van der Waals surface area (Å²) in [5.74, 6) is 0.236. The molecule has 0 amide bonds. The number of hydrogen-bond acceptors (Lipinski definition) is 3. The van der Waals surface area contributed by atoms with Crippen molar-refractivity contribution >= 4 is 77.1 Å². The number of hydrogen-bond donors (Lipinski definition) is 0. The highest BCUT2D eigenvalue weighted by molar-refractivity contribution is 6.16. The molecule has 4 heterocycles. The summed E-state index contributed by atoms with van der Waals surface area (Å²) in [6.07, 6.45) is 9.06. The fourth-order valence-electron chi connectivity index (χ4n) is 8.14. The smallest absolute Gasteiger partial charge is 0.137 e. The molecule has 9 aromatic rings. The van der Waals surface area contributed by atoms with Crippen molar-refractivity contribution in [3.05, 3.63) is 151 Å². The van der Waals surface area contributed by atoms with Gasteiger partial charge in [-0.15, -0.1) is 0 Å². The van der Waals surface area contributed by atoms with Crippen molar-refractivity contribution in [3.8, 4) is 5.69 Å². The second-order valence-corrected chi connectivity index (χ2v) is 12.5. The van der Waals surface area contributed by atoms with Gasteiger partial charge in [-0.25, -0.2) is 0 Å². The number of benzene rings is 6. The first kappa shape index (κ1) is 24.3. The van der Waals surface area contributed by atoms with Crippen LogP contribution in [0.5, 0.6) is 0 Å². The number of anilines is 2. The molecule has 0 N–H and O–H groups in total. The van der Waals surface area contributed by atoms with E-state index >= 15 is 0 Å². The molecular weight excluding hydrogens is 564 g/mol. The van der Waals surface area contributed by atoms with E-state index in [2.05, 4.69) is 131 Å². The third-order valence-electron chi connectivity index (χ3n) is 10.1. The van der Waals surface area contributed by atoms with Crippen molar-refractivity contribution < 1.29 is 8.83 Å². The second-order valence-electron chi connectivity index (χ2n) is 12.5. The lowest BCUT2D eigenvalue weighted by Crippen LogP contribution is -2.28. The van der Waals surface area contributed by atoms with Crippen molar-refractivity contribution in [2.75, 3.05) is 4.90 Å². The predicted octanol–water partition coefficient (Wildman–Crippen LogP) is 11.3. The van der Waals surface area contributed by atoms with Gasteiger partial charge in [0.25, 0.3) is 0 Å². The first-order chi connectivity index (χ1) is 22.8. The molecule has 46 heavy (non-hydrogen) atoms. The average molecular weight is 591 g/mol. The van der Waals surface area contributed by atoms with E-state index in [1.54, 1.807) is 0 Å². The first-order valence-corrected chi connectivity index (χ1v) is 15.9. The van der Waals surface area contributed by atoms with Gasteiger partial charge >= 0.3 is 0 Å². The number of aromatic nitrogens is 1. The lowest BCUT2D eigenvalue weighted by molar-refractivity contribution is 0.668.